The number of nitrogens with one attached hydrogen (secondary N) is 2. The van der Waals surface area contributed by atoms with Crippen molar-refractivity contribution in [2.75, 3.05) is 11.6 Å². The van der Waals surface area contributed by atoms with Crippen LogP contribution in [-0.4, -0.2) is 29.3 Å². The summed E-state index contributed by atoms with van der Waals surface area (Å²) < 4.78 is 91.3. The van der Waals surface area contributed by atoms with Crippen molar-refractivity contribution >= 4 is 28.9 Å². The standard InChI is InChI=1S/C25H20ClF7N4O/c1-12-21(23(38)34-11-24(28,29)30)13(2)35-22(12)20-10-19(36-37(20)16-6-4-15(26)5-7-16)14-3-8-17(18(27)9-14)25(31,32)33/h3-9,20,35H,10-11H2,1-2H3,(H,34,38). The lowest BCUT2D eigenvalue weighted by atomic mass is 9.98. The van der Waals surface area contributed by atoms with Gasteiger partial charge in [-0.2, -0.15) is 31.4 Å². The SMILES string of the molecule is Cc1[nH]c(C2CC(c3ccc(C(F)(F)F)c(F)c3)=NN2c2ccc(Cl)cc2)c(C)c1C(=O)NCC(F)(F)F. The van der Waals surface area contributed by atoms with Gasteiger partial charge >= 0.3 is 12.4 Å². The summed E-state index contributed by atoms with van der Waals surface area (Å²) in [5.74, 6) is -2.36. The van der Waals surface area contributed by atoms with Gasteiger partial charge in [-0.1, -0.05) is 17.7 Å². The van der Waals surface area contributed by atoms with E-state index in [2.05, 4.69) is 10.1 Å². The van der Waals surface area contributed by atoms with Crippen LogP contribution in [0.4, 0.5) is 36.4 Å². The van der Waals surface area contributed by atoms with E-state index < -0.39 is 42.2 Å². The van der Waals surface area contributed by atoms with Crippen molar-refractivity contribution in [3.8, 4) is 0 Å². The van der Waals surface area contributed by atoms with E-state index in [0.717, 1.165) is 12.1 Å². The molecule has 0 aliphatic carbocycles. The number of aromatic amines is 1. The number of alkyl halides is 6. The summed E-state index contributed by atoms with van der Waals surface area (Å²) in [6, 6.07) is 8.38. The fourth-order valence-electron chi connectivity index (χ4n) is 4.38. The fraction of sp³-hybridized carbons (Fsp3) is 0.280. The highest BCUT2D eigenvalue weighted by Gasteiger charge is 2.37. The van der Waals surface area contributed by atoms with Crippen LogP contribution in [0.15, 0.2) is 47.6 Å². The van der Waals surface area contributed by atoms with Crippen molar-refractivity contribution in [1.29, 1.82) is 0 Å². The Morgan fingerprint density at radius 1 is 1.11 bits per heavy atom. The molecule has 1 aliphatic rings. The fourth-order valence-corrected chi connectivity index (χ4v) is 4.51. The van der Waals surface area contributed by atoms with Gasteiger partial charge in [0.1, 0.15) is 12.4 Å². The number of benzene rings is 2. The predicted octanol–water partition coefficient (Wildman–Crippen LogP) is 7.09. The second kappa shape index (κ2) is 9.97. The Balaban J connectivity index is 1.73. The van der Waals surface area contributed by atoms with Gasteiger partial charge in [0.25, 0.3) is 5.91 Å². The number of anilines is 1. The van der Waals surface area contributed by atoms with E-state index in [1.807, 2.05) is 5.32 Å². The second-order valence-electron chi connectivity index (χ2n) is 8.74. The number of rotatable bonds is 5. The second-order valence-corrected chi connectivity index (χ2v) is 9.18. The molecule has 4 rings (SSSR count). The molecule has 1 aromatic heterocycles. The van der Waals surface area contributed by atoms with E-state index in [9.17, 15) is 35.5 Å². The molecule has 0 saturated heterocycles. The molecule has 2 aromatic carbocycles. The summed E-state index contributed by atoms with van der Waals surface area (Å²) >= 11 is 5.99. The first-order valence-corrected chi connectivity index (χ1v) is 11.6. The molecule has 3 aromatic rings. The van der Waals surface area contributed by atoms with E-state index in [1.54, 1.807) is 31.2 Å². The number of carbonyl (C=O) groups excluding carboxylic acids is 1. The molecule has 0 fully saturated rings. The monoisotopic (exact) mass is 560 g/mol. The van der Waals surface area contributed by atoms with Crippen LogP contribution in [0, 0.1) is 19.7 Å². The van der Waals surface area contributed by atoms with E-state index >= 15 is 0 Å². The number of H-pyrrole nitrogens is 1. The van der Waals surface area contributed by atoms with Crippen molar-refractivity contribution < 1.29 is 35.5 Å². The highest BCUT2D eigenvalue weighted by atomic mass is 35.5. The zero-order chi connectivity index (χ0) is 28.0. The highest BCUT2D eigenvalue weighted by Crippen LogP contribution is 2.40. The Labute approximate surface area is 217 Å². The molecular weight excluding hydrogens is 541 g/mol. The number of hydrogen-bond acceptors (Lipinski definition) is 3. The Morgan fingerprint density at radius 2 is 1.76 bits per heavy atom. The minimum atomic E-state index is -4.86. The van der Waals surface area contributed by atoms with Gasteiger partial charge in [-0.25, -0.2) is 4.39 Å². The summed E-state index contributed by atoms with van der Waals surface area (Å²) in [7, 11) is 0. The van der Waals surface area contributed by atoms with Crippen molar-refractivity contribution in [3.63, 3.8) is 0 Å². The number of halogens is 8. The van der Waals surface area contributed by atoms with Crippen LogP contribution in [0.2, 0.25) is 5.02 Å². The largest absolute Gasteiger partial charge is 0.419 e. The maximum absolute atomic E-state index is 14.3. The predicted molar refractivity (Wildman–Crippen MR) is 128 cm³/mol. The number of amides is 1. The molecule has 2 heterocycles. The molecule has 1 atom stereocenters. The van der Waals surface area contributed by atoms with Gasteiger partial charge in [-0.15, -0.1) is 0 Å². The Kier molecular flexibility index (Phi) is 7.21. The summed E-state index contributed by atoms with van der Waals surface area (Å²) in [5, 5.41) is 8.37. The molecule has 0 spiro atoms. The minimum Gasteiger partial charge on any atom is -0.360 e. The van der Waals surface area contributed by atoms with Crippen LogP contribution in [-0.2, 0) is 6.18 Å². The van der Waals surface area contributed by atoms with Crippen LogP contribution in [0.3, 0.4) is 0 Å². The van der Waals surface area contributed by atoms with E-state index in [-0.39, 0.29) is 23.3 Å². The molecule has 1 amide bonds. The Morgan fingerprint density at radius 3 is 2.34 bits per heavy atom. The van der Waals surface area contributed by atoms with Gasteiger partial charge in [0.15, 0.2) is 0 Å². The molecule has 202 valence electrons. The summed E-state index contributed by atoms with van der Waals surface area (Å²) in [6.07, 6.45) is -9.36. The van der Waals surface area contributed by atoms with Gasteiger partial charge < -0.3 is 10.3 Å². The van der Waals surface area contributed by atoms with Gasteiger partial charge in [0.05, 0.1) is 28.6 Å². The third-order valence-corrected chi connectivity index (χ3v) is 6.35. The molecular formula is C25H20ClF7N4O. The maximum Gasteiger partial charge on any atom is 0.419 e. The van der Waals surface area contributed by atoms with Crippen LogP contribution in [0.25, 0.3) is 0 Å². The van der Waals surface area contributed by atoms with Gasteiger partial charge in [0.2, 0.25) is 0 Å². The lowest BCUT2D eigenvalue weighted by molar-refractivity contribution is -0.140. The van der Waals surface area contributed by atoms with Gasteiger partial charge in [-0.3, -0.25) is 9.80 Å². The first-order chi connectivity index (χ1) is 17.7. The molecule has 1 unspecified atom stereocenters. The summed E-state index contributed by atoms with van der Waals surface area (Å²) in [6.45, 7) is 1.60. The molecule has 13 heteroatoms. The molecule has 0 radical (unpaired) electrons. The first kappa shape index (κ1) is 27.5. The molecule has 38 heavy (non-hydrogen) atoms. The van der Waals surface area contributed by atoms with Crippen LogP contribution in [0.5, 0.6) is 0 Å². The topological polar surface area (TPSA) is 60.5 Å². The van der Waals surface area contributed by atoms with E-state index in [4.69, 9.17) is 11.6 Å². The Hall–Kier alpha value is -3.54. The summed E-state index contributed by atoms with van der Waals surface area (Å²) in [5.41, 5.74) is 0.722. The van der Waals surface area contributed by atoms with Crippen LogP contribution < -0.4 is 10.3 Å². The van der Waals surface area contributed by atoms with Crippen molar-refractivity contribution in [1.82, 2.24) is 10.3 Å². The van der Waals surface area contributed by atoms with Crippen LogP contribution >= 0.6 is 11.6 Å². The number of nitrogens with zero attached hydrogens (tertiary/aromatic N) is 2. The number of aromatic nitrogens is 1. The van der Waals surface area contributed by atoms with E-state index in [0.29, 0.717) is 33.7 Å². The molecule has 2 N–H and O–H groups in total. The highest BCUT2D eigenvalue weighted by molar-refractivity contribution is 6.30. The molecule has 0 saturated carbocycles. The van der Waals surface area contributed by atoms with Crippen molar-refractivity contribution in [2.45, 2.75) is 38.7 Å². The smallest absolute Gasteiger partial charge is 0.360 e. The first-order valence-electron chi connectivity index (χ1n) is 11.2. The molecule has 0 bridgehead atoms. The lowest BCUT2D eigenvalue weighted by Gasteiger charge is -2.24. The zero-order valence-electron chi connectivity index (χ0n) is 19.9. The third-order valence-electron chi connectivity index (χ3n) is 6.10. The third kappa shape index (κ3) is 5.64. The minimum absolute atomic E-state index is 0.0364. The van der Waals surface area contributed by atoms with Gasteiger partial charge in [-0.05, 0) is 55.8 Å². The Bertz CT molecular complexity index is 1390. The average Bonchev–Trinajstić information content (AvgIpc) is 3.37. The lowest BCUT2D eigenvalue weighted by Crippen LogP contribution is -2.34. The number of hydrazone groups is 1. The molecule has 1 aliphatic heterocycles. The van der Waals surface area contributed by atoms with Crippen molar-refractivity contribution in [2.24, 2.45) is 5.10 Å². The van der Waals surface area contributed by atoms with Crippen molar-refractivity contribution in [3.05, 3.63) is 86.9 Å². The number of aryl methyl sites for hydroxylation is 1. The maximum atomic E-state index is 14.3. The quantitative estimate of drug-likeness (QED) is 0.327. The van der Waals surface area contributed by atoms with E-state index in [1.165, 1.54) is 11.9 Å². The van der Waals surface area contributed by atoms with Gasteiger partial charge in [0, 0.05) is 28.4 Å². The average molecular weight is 561 g/mol. The number of hydrogen-bond donors (Lipinski definition) is 2. The summed E-state index contributed by atoms with van der Waals surface area (Å²) in [4.78, 5) is 15.6. The zero-order valence-corrected chi connectivity index (χ0v) is 20.6. The molecule has 5 nitrogen and oxygen atoms in total. The number of carbonyl (C=O) groups is 1. The normalized spacial score (nSPS) is 16.1. The van der Waals surface area contributed by atoms with Crippen LogP contribution in [0.1, 0.15) is 50.9 Å².